The summed E-state index contributed by atoms with van der Waals surface area (Å²) in [6.45, 7) is 8.54. The zero-order valence-corrected chi connectivity index (χ0v) is 20.0. The monoisotopic (exact) mass is 544 g/mol. The maximum atomic E-state index is 12.5. The summed E-state index contributed by atoms with van der Waals surface area (Å²) in [6, 6.07) is 3.46. The number of hydrogen-bond acceptors (Lipinski definition) is 5. The first-order valence-corrected chi connectivity index (χ1v) is 10.6. The fourth-order valence-electron chi connectivity index (χ4n) is 3.19. The van der Waals surface area contributed by atoms with E-state index in [2.05, 4.69) is 4.90 Å². The fraction of sp³-hybridized carbons (Fsp3) is 0.650. The van der Waals surface area contributed by atoms with E-state index >= 15 is 0 Å². The average Bonchev–Trinajstić information content (AvgIpc) is 2.58. The maximum Gasteiger partial charge on any atom is 0.422 e. The molecule has 6 nitrogen and oxygen atoms in total. The van der Waals surface area contributed by atoms with Crippen LogP contribution in [-0.4, -0.2) is 67.1 Å². The second-order valence-corrected chi connectivity index (χ2v) is 9.43. The van der Waals surface area contributed by atoms with E-state index in [0.29, 0.717) is 29.7 Å². The molecule has 170 valence electrons. The van der Waals surface area contributed by atoms with Crippen molar-refractivity contribution >= 4 is 28.7 Å². The van der Waals surface area contributed by atoms with Crippen molar-refractivity contribution in [3.05, 3.63) is 21.3 Å². The molecular formula is C20H28F3IN2O4. The molecule has 1 unspecified atom stereocenters. The maximum absolute atomic E-state index is 12.5. The Morgan fingerprint density at radius 2 is 1.90 bits per heavy atom. The van der Waals surface area contributed by atoms with Gasteiger partial charge >= 0.3 is 12.3 Å². The Morgan fingerprint density at radius 3 is 2.43 bits per heavy atom. The Hall–Kier alpha value is -1.43. The number of rotatable bonds is 5. The Balaban J connectivity index is 2.03. The van der Waals surface area contributed by atoms with Crippen LogP contribution in [0.3, 0.4) is 0 Å². The number of benzene rings is 1. The molecule has 0 saturated carbocycles. The van der Waals surface area contributed by atoms with E-state index in [4.69, 9.17) is 14.2 Å². The first kappa shape index (κ1) is 24.8. The van der Waals surface area contributed by atoms with Gasteiger partial charge in [-0.25, -0.2) is 4.79 Å². The molecule has 1 aromatic rings. The molecule has 2 rings (SSSR count). The van der Waals surface area contributed by atoms with Crippen LogP contribution in [0.15, 0.2) is 12.1 Å². The minimum absolute atomic E-state index is 0.0241. The number of ether oxygens (including phenoxy) is 3. The second kappa shape index (κ2) is 9.80. The summed E-state index contributed by atoms with van der Waals surface area (Å²) in [5.41, 5.74) is 0.352. The van der Waals surface area contributed by atoms with Gasteiger partial charge in [0.1, 0.15) is 5.60 Å². The van der Waals surface area contributed by atoms with Crippen molar-refractivity contribution in [2.75, 3.05) is 33.4 Å². The molecular weight excluding hydrogens is 516 g/mol. The van der Waals surface area contributed by atoms with Gasteiger partial charge in [-0.2, -0.15) is 13.2 Å². The fourth-order valence-corrected chi connectivity index (χ4v) is 4.01. The average molecular weight is 544 g/mol. The predicted octanol–water partition coefficient (Wildman–Crippen LogP) is 4.68. The summed E-state index contributed by atoms with van der Waals surface area (Å²) in [7, 11) is 1.40. The topological polar surface area (TPSA) is 51.2 Å². The number of methoxy groups -OCH3 is 1. The van der Waals surface area contributed by atoms with Crippen LogP contribution in [0.4, 0.5) is 18.0 Å². The highest BCUT2D eigenvalue weighted by Crippen LogP contribution is 2.35. The summed E-state index contributed by atoms with van der Waals surface area (Å²) >= 11 is 1.95. The van der Waals surface area contributed by atoms with Crippen LogP contribution < -0.4 is 9.47 Å². The minimum Gasteiger partial charge on any atom is -0.493 e. The Bertz CT molecular complexity index is 753. The molecule has 0 aromatic heterocycles. The standard InChI is InChI=1S/C20H28F3IN2O4/c1-13-10-25(6-7-26(13)18(27)30-19(2,3)4)11-14-8-15(24)17(16(9-14)28-5)29-12-20(21,22)23/h8-9,13H,6-7,10-12H2,1-5H3. The third-order valence-corrected chi connectivity index (χ3v) is 5.22. The van der Waals surface area contributed by atoms with E-state index in [1.54, 1.807) is 17.0 Å². The van der Waals surface area contributed by atoms with Gasteiger partial charge in [0.25, 0.3) is 0 Å². The minimum atomic E-state index is -4.42. The van der Waals surface area contributed by atoms with Crippen LogP contribution in [-0.2, 0) is 11.3 Å². The molecule has 1 fully saturated rings. The van der Waals surface area contributed by atoms with Gasteiger partial charge in [0.05, 0.1) is 10.7 Å². The van der Waals surface area contributed by atoms with Crippen LogP contribution in [0.5, 0.6) is 11.5 Å². The van der Waals surface area contributed by atoms with E-state index in [0.717, 1.165) is 5.56 Å². The lowest BCUT2D eigenvalue weighted by atomic mass is 10.1. The van der Waals surface area contributed by atoms with Gasteiger partial charge in [0.15, 0.2) is 18.1 Å². The summed E-state index contributed by atoms with van der Waals surface area (Å²) in [6.07, 6.45) is -4.74. The molecule has 0 N–H and O–H groups in total. The van der Waals surface area contributed by atoms with Gasteiger partial charge in [-0.3, -0.25) is 4.90 Å². The summed E-state index contributed by atoms with van der Waals surface area (Å²) in [5, 5.41) is 0. The molecule has 10 heteroatoms. The second-order valence-electron chi connectivity index (χ2n) is 8.27. The van der Waals surface area contributed by atoms with Gasteiger partial charge in [-0.15, -0.1) is 0 Å². The molecule has 1 aromatic carbocycles. The number of carbonyl (C=O) groups excluding carboxylic acids is 1. The normalized spacial score (nSPS) is 18.3. The van der Waals surface area contributed by atoms with E-state index in [9.17, 15) is 18.0 Å². The first-order chi connectivity index (χ1) is 13.8. The zero-order chi connectivity index (χ0) is 22.7. The molecule has 0 aliphatic carbocycles. The lowest BCUT2D eigenvalue weighted by Gasteiger charge is -2.40. The number of nitrogens with zero attached hydrogens (tertiary/aromatic N) is 2. The van der Waals surface area contributed by atoms with Crippen molar-refractivity contribution in [1.29, 1.82) is 0 Å². The lowest BCUT2D eigenvalue weighted by molar-refractivity contribution is -0.153. The Labute approximate surface area is 188 Å². The van der Waals surface area contributed by atoms with Crippen LogP contribution in [0, 0.1) is 3.57 Å². The van der Waals surface area contributed by atoms with Crippen LogP contribution in [0.1, 0.15) is 33.3 Å². The van der Waals surface area contributed by atoms with Gasteiger partial charge in [0, 0.05) is 32.2 Å². The van der Waals surface area contributed by atoms with Crippen LogP contribution in [0.2, 0.25) is 0 Å². The van der Waals surface area contributed by atoms with Crippen molar-refractivity contribution in [2.24, 2.45) is 0 Å². The number of alkyl halides is 3. The van der Waals surface area contributed by atoms with Crippen LogP contribution in [0.25, 0.3) is 0 Å². The molecule has 1 amide bonds. The van der Waals surface area contributed by atoms with Crippen molar-refractivity contribution in [3.8, 4) is 11.5 Å². The quantitative estimate of drug-likeness (QED) is 0.504. The van der Waals surface area contributed by atoms with E-state index in [1.807, 2.05) is 50.3 Å². The molecule has 30 heavy (non-hydrogen) atoms. The number of halogens is 4. The summed E-state index contributed by atoms with van der Waals surface area (Å²) < 4.78 is 53.7. The highest BCUT2D eigenvalue weighted by Gasteiger charge is 2.32. The van der Waals surface area contributed by atoms with Gasteiger partial charge < -0.3 is 19.1 Å². The van der Waals surface area contributed by atoms with Gasteiger partial charge in [-0.05, 0) is 68.0 Å². The highest BCUT2D eigenvalue weighted by molar-refractivity contribution is 14.1. The molecule has 1 aliphatic heterocycles. The molecule has 1 heterocycles. The molecule has 1 aliphatic rings. The third kappa shape index (κ3) is 7.36. The molecule has 0 bridgehead atoms. The van der Waals surface area contributed by atoms with Crippen molar-refractivity contribution in [2.45, 2.75) is 52.1 Å². The van der Waals surface area contributed by atoms with Crippen molar-refractivity contribution < 1.29 is 32.2 Å². The molecule has 1 atom stereocenters. The first-order valence-electron chi connectivity index (χ1n) is 9.57. The molecule has 0 spiro atoms. The third-order valence-electron chi connectivity index (χ3n) is 4.42. The summed E-state index contributed by atoms with van der Waals surface area (Å²) in [4.78, 5) is 16.3. The number of piperazine rings is 1. The van der Waals surface area contributed by atoms with E-state index in [1.165, 1.54) is 7.11 Å². The molecule has 0 radical (unpaired) electrons. The smallest absolute Gasteiger partial charge is 0.422 e. The number of amides is 1. The van der Waals surface area contributed by atoms with Gasteiger partial charge in [-0.1, -0.05) is 0 Å². The van der Waals surface area contributed by atoms with Crippen molar-refractivity contribution in [1.82, 2.24) is 9.80 Å². The highest BCUT2D eigenvalue weighted by atomic mass is 127. The number of hydrogen-bond donors (Lipinski definition) is 0. The lowest BCUT2D eigenvalue weighted by Crippen LogP contribution is -2.54. The van der Waals surface area contributed by atoms with Crippen molar-refractivity contribution in [3.63, 3.8) is 0 Å². The Kier molecular flexibility index (Phi) is 8.11. The van der Waals surface area contributed by atoms with E-state index in [-0.39, 0.29) is 23.6 Å². The summed E-state index contributed by atoms with van der Waals surface area (Å²) in [5.74, 6) is 0.351. The largest absolute Gasteiger partial charge is 0.493 e. The predicted molar refractivity (Wildman–Crippen MR) is 115 cm³/mol. The molecule has 1 saturated heterocycles. The Morgan fingerprint density at radius 1 is 1.23 bits per heavy atom. The van der Waals surface area contributed by atoms with Crippen LogP contribution >= 0.6 is 22.6 Å². The van der Waals surface area contributed by atoms with E-state index < -0.39 is 18.4 Å². The van der Waals surface area contributed by atoms with Gasteiger partial charge in [0.2, 0.25) is 0 Å². The SMILES string of the molecule is COc1cc(CN2CCN(C(=O)OC(C)(C)C)C(C)C2)cc(I)c1OCC(F)(F)F. The zero-order valence-electron chi connectivity index (χ0n) is 17.8. The number of carbonyl (C=O) groups is 1.